The van der Waals surface area contributed by atoms with E-state index in [2.05, 4.69) is 0 Å². The van der Waals surface area contributed by atoms with Crippen molar-refractivity contribution in [3.63, 3.8) is 0 Å². The van der Waals surface area contributed by atoms with Crippen LogP contribution in [0.1, 0.15) is 86.4 Å². The van der Waals surface area contributed by atoms with Crippen LogP contribution < -0.4 is 4.74 Å². The van der Waals surface area contributed by atoms with Crippen molar-refractivity contribution in [2.24, 2.45) is 5.41 Å². The largest absolute Gasteiger partial charge is 0.496 e. The molecule has 1 radical (unpaired) electrons. The summed E-state index contributed by atoms with van der Waals surface area (Å²) in [5.41, 5.74) is -4.27. The van der Waals surface area contributed by atoms with E-state index in [0.29, 0.717) is 29.0 Å². The van der Waals surface area contributed by atoms with Crippen molar-refractivity contribution in [3.8, 4) is 16.9 Å². The van der Waals surface area contributed by atoms with E-state index < -0.39 is 58.7 Å². The minimum absolute atomic E-state index is 0.0311. The van der Waals surface area contributed by atoms with Crippen LogP contribution in [0.4, 0.5) is 39.5 Å². The highest BCUT2D eigenvalue weighted by molar-refractivity contribution is 5.77. The SMILES string of the molecule is COc1ccc(C(C)C)cc1-c1ccc(C(F)(F)F)cc1[C](CC(O)c1cc(C(F)(F)F)cc(C(F)(F)F)c1)C(C)(C)C. The first-order valence-electron chi connectivity index (χ1n) is 13.3. The van der Waals surface area contributed by atoms with E-state index in [-0.39, 0.29) is 23.5 Å². The highest BCUT2D eigenvalue weighted by atomic mass is 19.4. The van der Waals surface area contributed by atoms with Crippen LogP contribution in [0.15, 0.2) is 54.6 Å². The first kappa shape index (κ1) is 34.3. The van der Waals surface area contributed by atoms with Crippen LogP contribution in [-0.2, 0) is 18.5 Å². The molecule has 0 saturated heterocycles. The zero-order valence-corrected chi connectivity index (χ0v) is 24.3. The molecule has 0 bridgehead atoms. The Balaban J connectivity index is 2.28. The molecule has 0 amide bonds. The van der Waals surface area contributed by atoms with Crippen molar-refractivity contribution in [1.29, 1.82) is 0 Å². The van der Waals surface area contributed by atoms with Crippen molar-refractivity contribution >= 4 is 0 Å². The number of alkyl halides is 9. The van der Waals surface area contributed by atoms with E-state index in [4.69, 9.17) is 4.74 Å². The predicted molar refractivity (Wildman–Crippen MR) is 145 cm³/mol. The van der Waals surface area contributed by atoms with Crippen LogP contribution in [0.3, 0.4) is 0 Å². The van der Waals surface area contributed by atoms with Crippen LogP contribution in [0.5, 0.6) is 5.75 Å². The second-order valence-corrected chi connectivity index (χ2v) is 11.7. The molecule has 3 aromatic carbocycles. The van der Waals surface area contributed by atoms with E-state index in [1.807, 2.05) is 13.8 Å². The zero-order chi connectivity index (χ0) is 32.7. The third-order valence-electron chi connectivity index (χ3n) is 7.15. The lowest BCUT2D eigenvalue weighted by Crippen LogP contribution is -2.24. The molecule has 1 unspecified atom stereocenters. The van der Waals surface area contributed by atoms with Crippen molar-refractivity contribution in [3.05, 3.63) is 93.9 Å². The van der Waals surface area contributed by atoms with Crippen LogP contribution in [0, 0.1) is 11.3 Å². The van der Waals surface area contributed by atoms with Gasteiger partial charge < -0.3 is 9.84 Å². The van der Waals surface area contributed by atoms with Gasteiger partial charge in [-0.3, -0.25) is 0 Å². The number of rotatable bonds is 7. The van der Waals surface area contributed by atoms with Gasteiger partial charge in [-0.05, 0) is 82.5 Å². The van der Waals surface area contributed by atoms with Gasteiger partial charge >= 0.3 is 18.5 Å². The highest BCUT2D eigenvalue weighted by Crippen LogP contribution is 2.48. The van der Waals surface area contributed by atoms with E-state index in [9.17, 15) is 44.6 Å². The Labute approximate surface area is 244 Å². The van der Waals surface area contributed by atoms with Gasteiger partial charge in [0.2, 0.25) is 0 Å². The van der Waals surface area contributed by atoms with E-state index in [0.717, 1.165) is 17.7 Å². The number of aliphatic hydroxyl groups is 1. The van der Waals surface area contributed by atoms with Gasteiger partial charge in [-0.15, -0.1) is 0 Å². The van der Waals surface area contributed by atoms with Gasteiger partial charge in [-0.25, -0.2) is 0 Å². The molecule has 0 aliphatic carbocycles. The first-order valence-corrected chi connectivity index (χ1v) is 13.3. The molecule has 43 heavy (non-hydrogen) atoms. The predicted octanol–water partition coefficient (Wildman–Crippen LogP) is 10.6. The lowest BCUT2D eigenvalue weighted by atomic mass is 9.70. The van der Waals surface area contributed by atoms with Crippen LogP contribution in [0.2, 0.25) is 0 Å². The van der Waals surface area contributed by atoms with Gasteiger partial charge in [-0.1, -0.05) is 46.8 Å². The molecular weight excluding hydrogens is 587 g/mol. The monoisotopic (exact) mass is 619 g/mol. The fraction of sp³-hybridized carbons (Fsp3) is 0.406. The Morgan fingerprint density at radius 3 is 1.65 bits per heavy atom. The van der Waals surface area contributed by atoms with Gasteiger partial charge in [0.05, 0.1) is 29.9 Å². The fourth-order valence-electron chi connectivity index (χ4n) is 4.80. The van der Waals surface area contributed by atoms with E-state index in [1.54, 1.807) is 39.0 Å². The topological polar surface area (TPSA) is 29.5 Å². The first-order chi connectivity index (χ1) is 19.5. The molecule has 0 aliphatic rings. The van der Waals surface area contributed by atoms with Gasteiger partial charge in [-0.2, -0.15) is 39.5 Å². The molecule has 0 aromatic heterocycles. The number of benzene rings is 3. The lowest BCUT2D eigenvalue weighted by molar-refractivity contribution is -0.143. The van der Waals surface area contributed by atoms with Crippen molar-refractivity contribution in [2.45, 2.75) is 71.6 Å². The summed E-state index contributed by atoms with van der Waals surface area (Å²) in [6, 6.07) is 9.05. The standard InChI is InChI=1S/C32H32F9O2/c1-17(2)18-7-10-28(43-6)25(13-18)23-9-8-20(30(33,34)35)15-24(23)26(29(3,4)5)16-27(42)19-11-21(31(36,37)38)14-22(12-19)32(39,40)41/h7-15,17,27,42H,16H2,1-6H3. The summed E-state index contributed by atoms with van der Waals surface area (Å²) < 4.78 is 128. The lowest BCUT2D eigenvalue weighted by Gasteiger charge is -2.34. The number of ether oxygens (including phenoxy) is 1. The maximum Gasteiger partial charge on any atom is 0.416 e. The zero-order valence-electron chi connectivity index (χ0n) is 24.3. The van der Waals surface area contributed by atoms with Crippen molar-refractivity contribution in [1.82, 2.24) is 0 Å². The van der Waals surface area contributed by atoms with Crippen LogP contribution in [-0.4, -0.2) is 12.2 Å². The molecule has 3 rings (SSSR count). The third-order valence-corrected chi connectivity index (χ3v) is 7.15. The Kier molecular flexibility index (Phi) is 9.61. The average molecular weight is 620 g/mol. The molecule has 1 atom stereocenters. The summed E-state index contributed by atoms with van der Waals surface area (Å²) in [4.78, 5) is 0. The third kappa shape index (κ3) is 8.04. The van der Waals surface area contributed by atoms with Gasteiger partial charge in [0, 0.05) is 11.5 Å². The molecule has 0 aliphatic heterocycles. The summed E-state index contributed by atoms with van der Waals surface area (Å²) in [7, 11) is 1.39. The highest BCUT2D eigenvalue weighted by Gasteiger charge is 2.39. The molecule has 235 valence electrons. The minimum Gasteiger partial charge on any atom is -0.496 e. The fourth-order valence-corrected chi connectivity index (χ4v) is 4.80. The second kappa shape index (κ2) is 12.1. The summed E-state index contributed by atoms with van der Waals surface area (Å²) in [5.74, 6) is 0.565. The average Bonchev–Trinajstić information content (AvgIpc) is 2.88. The maximum atomic E-state index is 13.9. The Morgan fingerprint density at radius 1 is 0.674 bits per heavy atom. The summed E-state index contributed by atoms with van der Waals surface area (Å²) in [6.07, 6.45) is -17.5. The molecule has 2 nitrogen and oxygen atoms in total. The molecule has 3 aromatic rings. The Bertz CT molecular complexity index is 1400. The normalized spacial score (nSPS) is 14.0. The summed E-state index contributed by atoms with van der Waals surface area (Å²) in [6.45, 7) is 8.75. The Morgan fingerprint density at radius 2 is 1.21 bits per heavy atom. The number of aliphatic hydroxyl groups excluding tert-OH is 1. The number of methoxy groups -OCH3 is 1. The molecular formula is C32H32F9O2. The molecule has 0 saturated carbocycles. The Hall–Kier alpha value is -3.21. The van der Waals surface area contributed by atoms with Gasteiger partial charge in [0.15, 0.2) is 0 Å². The van der Waals surface area contributed by atoms with Crippen LogP contribution in [0.25, 0.3) is 11.1 Å². The quantitative estimate of drug-likeness (QED) is 0.267. The van der Waals surface area contributed by atoms with E-state index in [1.165, 1.54) is 13.2 Å². The maximum absolute atomic E-state index is 13.9. The smallest absolute Gasteiger partial charge is 0.416 e. The van der Waals surface area contributed by atoms with E-state index >= 15 is 0 Å². The number of hydrogen-bond acceptors (Lipinski definition) is 2. The second-order valence-electron chi connectivity index (χ2n) is 11.7. The molecule has 0 fully saturated rings. The van der Waals surface area contributed by atoms with Gasteiger partial charge in [0.1, 0.15) is 5.75 Å². The molecule has 1 N–H and O–H groups in total. The van der Waals surface area contributed by atoms with Crippen LogP contribution >= 0.6 is 0 Å². The minimum atomic E-state index is -5.14. The number of hydrogen-bond donors (Lipinski definition) is 1. The summed E-state index contributed by atoms with van der Waals surface area (Å²) >= 11 is 0. The summed E-state index contributed by atoms with van der Waals surface area (Å²) in [5, 5.41) is 11.1. The number of halogens is 9. The van der Waals surface area contributed by atoms with Crippen molar-refractivity contribution in [2.75, 3.05) is 7.11 Å². The van der Waals surface area contributed by atoms with Gasteiger partial charge in [0.25, 0.3) is 0 Å². The molecule has 11 heteroatoms. The molecule has 0 heterocycles. The molecule has 0 spiro atoms. The van der Waals surface area contributed by atoms with Crippen molar-refractivity contribution < 1.29 is 49.4 Å².